The van der Waals surface area contributed by atoms with Gasteiger partial charge in [0.25, 0.3) is 0 Å². The predicted octanol–water partition coefficient (Wildman–Crippen LogP) is 1.58. The molecule has 1 atom stereocenters. The lowest BCUT2D eigenvalue weighted by Crippen LogP contribution is -2.58. The summed E-state index contributed by atoms with van der Waals surface area (Å²) in [6.45, 7) is 9.72. The van der Waals surface area contributed by atoms with E-state index in [4.69, 9.17) is 0 Å². The van der Waals surface area contributed by atoms with Crippen molar-refractivity contribution in [2.45, 2.75) is 44.5 Å². The normalized spacial score (nSPS) is 24.2. The summed E-state index contributed by atoms with van der Waals surface area (Å²) in [5.74, 6) is 0.983. The number of rotatable bonds is 3. The quantitative estimate of drug-likeness (QED) is 0.619. The Morgan fingerprint density at radius 2 is 2.19 bits per heavy atom. The maximum Gasteiger partial charge on any atom is 0.193 e. The molecule has 0 aromatic carbocycles. The van der Waals surface area contributed by atoms with Crippen molar-refractivity contribution in [2.75, 3.05) is 39.0 Å². The fraction of sp³-hybridized carbons (Fsp3) is 0.722. The van der Waals surface area contributed by atoms with Gasteiger partial charge in [0.15, 0.2) is 15.8 Å². The Morgan fingerprint density at radius 1 is 1.42 bits per heavy atom. The molecule has 0 spiro atoms. The van der Waals surface area contributed by atoms with E-state index in [1.54, 1.807) is 20.9 Å². The van der Waals surface area contributed by atoms with E-state index in [1.165, 1.54) is 10.4 Å². The molecule has 3 heterocycles. The lowest BCUT2D eigenvalue weighted by molar-refractivity contribution is 0.191. The van der Waals surface area contributed by atoms with Crippen LogP contribution >= 0.6 is 11.3 Å². The summed E-state index contributed by atoms with van der Waals surface area (Å²) in [4.78, 5) is 10.5. The minimum Gasteiger partial charge on any atom is -0.355 e. The van der Waals surface area contributed by atoms with Crippen molar-refractivity contribution in [2.24, 2.45) is 4.99 Å². The maximum absolute atomic E-state index is 12.2. The van der Waals surface area contributed by atoms with Crippen LogP contribution in [0.3, 0.4) is 0 Å². The van der Waals surface area contributed by atoms with Crippen molar-refractivity contribution in [1.29, 1.82) is 0 Å². The summed E-state index contributed by atoms with van der Waals surface area (Å²) in [6.07, 6.45) is 1.13. The number of fused-ring (bicyclic) bond motifs is 1. The summed E-state index contributed by atoms with van der Waals surface area (Å²) >= 11 is 1.86. The van der Waals surface area contributed by atoms with Crippen LogP contribution in [0.5, 0.6) is 0 Å². The molecule has 2 aliphatic rings. The molecule has 1 unspecified atom stereocenters. The van der Waals surface area contributed by atoms with Gasteiger partial charge < -0.3 is 10.2 Å². The first-order valence-corrected chi connectivity index (χ1v) is 11.7. The summed E-state index contributed by atoms with van der Waals surface area (Å²) < 4.78 is 23.7. The molecule has 0 radical (unpaired) electrons. The van der Waals surface area contributed by atoms with Crippen LogP contribution in [0.25, 0.3) is 0 Å². The highest BCUT2D eigenvalue weighted by atomic mass is 32.2. The van der Waals surface area contributed by atoms with E-state index in [-0.39, 0.29) is 5.75 Å². The Bertz CT molecular complexity index is 770. The molecule has 0 saturated carbocycles. The highest BCUT2D eigenvalue weighted by molar-refractivity contribution is 7.92. The molecule has 146 valence electrons. The summed E-state index contributed by atoms with van der Waals surface area (Å²) in [5.41, 5.74) is 1.46. The van der Waals surface area contributed by atoms with Crippen LogP contribution in [0.2, 0.25) is 0 Å². The third-order valence-corrected chi connectivity index (χ3v) is 9.13. The van der Waals surface area contributed by atoms with Crippen molar-refractivity contribution in [3.05, 3.63) is 21.9 Å². The standard InChI is InChI=1S/C18H30N4O2S2/c1-14(21-7-5-16-15(12-21)6-9-25-16)11-20-17(19-4)22-8-10-26(23,24)18(2,3)13-22/h6,9,14H,5,7-8,10-13H2,1-4H3,(H,19,20). The van der Waals surface area contributed by atoms with Crippen LogP contribution in [0.4, 0.5) is 0 Å². The van der Waals surface area contributed by atoms with Gasteiger partial charge in [0.05, 0.1) is 10.5 Å². The van der Waals surface area contributed by atoms with E-state index >= 15 is 0 Å². The Hall–Kier alpha value is -1.12. The van der Waals surface area contributed by atoms with Gasteiger partial charge in [-0.15, -0.1) is 11.3 Å². The summed E-state index contributed by atoms with van der Waals surface area (Å²) in [5, 5.41) is 5.65. The third kappa shape index (κ3) is 3.92. The number of nitrogens with one attached hydrogen (secondary N) is 1. The number of hydrogen-bond donors (Lipinski definition) is 1. The topological polar surface area (TPSA) is 65.0 Å². The van der Waals surface area contributed by atoms with Crippen LogP contribution in [-0.2, 0) is 22.8 Å². The molecule has 0 bridgehead atoms. The fourth-order valence-corrected chi connectivity index (χ4v) is 5.93. The van der Waals surface area contributed by atoms with Crippen molar-refractivity contribution in [1.82, 2.24) is 15.1 Å². The van der Waals surface area contributed by atoms with E-state index in [1.807, 2.05) is 11.3 Å². The van der Waals surface area contributed by atoms with Crippen LogP contribution in [0, 0.1) is 0 Å². The number of nitrogens with zero attached hydrogens (tertiary/aromatic N) is 3. The van der Waals surface area contributed by atoms with Crippen LogP contribution < -0.4 is 5.32 Å². The Kier molecular flexibility index (Phi) is 5.65. The molecule has 2 aliphatic heterocycles. The van der Waals surface area contributed by atoms with E-state index in [0.29, 0.717) is 19.1 Å². The highest BCUT2D eigenvalue weighted by Gasteiger charge is 2.41. The number of thiophene rings is 1. The molecule has 3 rings (SSSR count). The second kappa shape index (κ2) is 7.48. The zero-order valence-corrected chi connectivity index (χ0v) is 17.8. The van der Waals surface area contributed by atoms with Crippen molar-refractivity contribution in [3.8, 4) is 0 Å². The van der Waals surface area contributed by atoms with Crippen molar-refractivity contribution < 1.29 is 8.42 Å². The van der Waals surface area contributed by atoms with Gasteiger partial charge in [0, 0.05) is 50.7 Å². The van der Waals surface area contributed by atoms with Gasteiger partial charge in [0.2, 0.25) is 0 Å². The zero-order chi connectivity index (χ0) is 18.9. The number of sulfone groups is 1. The second-order valence-corrected chi connectivity index (χ2v) is 11.6. The van der Waals surface area contributed by atoms with E-state index < -0.39 is 14.6 Å². The number of hydrogen-bond acceptors (Lipinski definition) is 5. The zero-order valence-electron chi connectivity index (χ0n) is 16.2. The van der Waals surface area contributed by atoms with Gasteiger partial charge in [-0.3, -0.25) is 9.89 Å². The number of guanidine groups is 1. The largest absolute Gasteiger partial charge is 0.355 e. The lowest BCUT2D eigenvalue weighted by Gasteiger charge is -2.40. The monoisotopic (exact) mass is 398 g/mol. The van der Waals surface area contributed by atoms with Gasteiger partial charge in [-0.1, -0.05) is 0 Å². The van der Waals surface area contributed by atoms with Gasteiger partial charge >= 0.3 is 0 Å². The molecular weight excluding hydrogens is 368 g/mol. The van der Waals surface area contributed by atoms with Crippen LogP contribution in [0.15, 0.2) is 16.4 Å². The minimum absolute atomic E-state index is 0.184. The summed E-state index contributed by atoms with van der Waals surface area (Å²) in [6, 6.07) is 2.63. The second-order valence-electron chi connectivity index (χ2n) is 7.87. The molecule has 6 nitrogen and oxygen atoms in total. The van der Waals surface area contributed by atoms with Gasteiger partial charge in [-0.2, -0.15) is 0 Å². The van der Waals surface area contributed by atoms with Crippen molar-refractivity contribution in [3.63, 3.8) is 0 Å². The predicted molar refractivity (Wildman–Crippen MR) is 109 cm³/mol. The molecule has 1 aromatic rings. The van der Waals surface area contributed by atoms with Gasteiger partial charge in [0.1, 0.15) is 0 Å². The molecule has 1 saturated heterocycles. The third-order valence-electron chi connectivity index (χ3n) is 5.57. The fourth-order valence-electron chi connectivity index (χ4n) is 3.67. The van der Waals surface area contributed by atoms with E-state index in [2.05, 4.69) is 38.5 Å². The Balaban J connectivity index is 1.56. The molecule has 8 heteroatoms. The molecule has 26 heavy (non-hydrogen) atoms. The SMILES string of the molecule is CN=C(NCC(C)N1CCc2sccc2C1)N1CCS(=O)(=O)C(C)(C)C1. The first-order valence-electron chi connectivity index (χ1n) is 9.21. The molecule has 0 aliphatic carbocycles. The van der Waals surface area contributed by atoms with Crippen LogP contribution in [0.1, 0.15) is 31.2 Å². The van der Waals surface area contributed by atoms with E-state index in [9.17, 15) is 8.42 Å². The lowest BCUT2D eigenvalue weighted by atomic mass is 10.1. The first kappa shape index (κ1) is 19.6. The minimum atomic E-state index is -3.04. The van der Waals surface area contributed by atoms with Crippen molar-refractivity contribution >= 4 is 27.1 Å². The molecular formula is C18H30N4O2S2. The van der Waals surface area contributed by atoms with Gasteiger partial charge in [-0.25, -0.2) is 8.42 Å². The van der Waals surface area contributed by atoms with E-state index in [0.717, 1.165) is 32.0 Å². The average molecular weight is 399 g/mol. The van der Waals surface area contributed by atoms with Gasteiger partial charge in [-0.05, 0) is 44.2 Å². The average Bonchev–Trinajstić information content (AvgIpc) is 3.06. The maximum atomic E-state index is 12.2. The Morgan fingerprint density at radius 3 is 2.88 bits per heavy atom. The van der Waals surface area contributed by atoms with Crippen LogP contribution in [-0.4, -0.2) is 73.9 Å². The molecule has 1 N–H and O–H groups in total. The highest BCUT2D eigenvalue weighted by Crippen LogP contribution is 2.25. The molecule has 0 amide bonds. The Labute approximate surface area is 161 Å². The first-order chi connectivity index (χ1) is 12.2. The smallest absolute Gasteiger partial charge is 0.193 e. The number of aliphatic imine (C=N–C) groups is 1. The summed E-state index contributed by atoms with van der Waals surface area (Å²) in [7, 11) is -1.27. The molecule has 1 fully saturated rings. The molecule has 1 aromatic heterocycles.